The molecule has 8 aromatic carbocycles. The van der Waals surface area contributed by atoms with Gasteiger partial charge in [-0.2, -0.15) is 0 Å². The van der Waals surface area contributed by atoms with Crippen LogP contribution in [0.4, 0.5) is 0 Å². The van der Waals surface area contributed by atoms with E-state index < -0.39 is 0 Å². The Bertz CT molecular complexity index is 4330. The first-order chi connectivity index (χ1) is 60.3. The Morgan fingerprint density at radius 3 is 1.18 bits per heavy atom. The van der Waals surface area contributed by atoms with Crippen LogP contribution in [0.1, 0.15) is 358 Å². The lowest BCUT2D eigenvalue weighted by molar-refractivity contribution is -0.272. The number of aromatic hydroxyl groups is 2. The van der Waals surface area contributed by atoms with Crippen LogP contribution in [0.3, 0.4) is 0 Å². The molecule has 11 aliphatic carbocycles. The normalized spacial score (nSPS) is 25.0. The molecule has 10 nitrogen and oxygen atoms in total. The third-order valence-electron chi connectivity index (χ3n) is 31.1. The summed E-state index contributed by atoms with van der Waals surface area (Å²) in [4.78, 5) is 0. The summed E-state index contributed by atoms with van der Waals surface area (Å²) in [6.45, 7) is 37.5. The highest BCUT2D eigenvalue weighted by Gasteiger charge is 2.70. The maximum Gasteiger partial charge on any atom is 0.200 e. The molecule has 10 heteroatoms. The van der Waals surface area contributed by atoms with Crippen LogP contribution in [0.2, 0.25) is 0 Å². The number of fused-ring (bicyclic) bond motifs is 5. The van der Waals surface area contributed by atoms with Gasteiger partial charge in [-0.15, -0.1) is 0 Å². The molecule has 125 heavy (non-hydrogen) atoms. The average molecular weight is 1700 g/mol. The molecule has 0 aliphatic heterocycles. The van der Waals surface area contributed by atoms with E-state index in [4.69, 9.17) is 48.1 Å². The number of rotatable bonds is 32. The van der Waals surface area contributed by atoms with E-state index >= 15 is 0 Å². The molecule has 0 spiro atoms. The smallest absolute Gasteiger partial charge is 0.200 e. The lowest BCUT2D eigenvalue weighted by Crippen LogP contribution is -2.68. The fourth-order valence-electron chi connectivity index (χ4n) is 23.1. The fraction of sp³-hybridized carbons (Fsp3) is 0.583. The molecule has 0 saturated heterocycles. The van der Waals surface area contributed by atoms with E-state index in [1.807, 2.05) is 78.1 Å². The zero-order chi connectivity index (χ0) is 88.9. The zero-order valence-corrected chi connectivity index (χ0v) is 80.0. The number of methoxy groups -OCH3 is 1. The van der Waals surface area contributed by atoms with Crippen LogP contribution < -0.4 is 18.9 Å². The van der Waals surface area contributed by atoms with Gasteiger partial charge < -0.3 is 48.1 Å². The monoisotopic (exact) mass is 1700 g/mol. The van der Waals surface area contributed by atoms with E-state index in [2.05, 4.69) is 217 Å². The molecule has 8 aromatic rings. The highest BCUT2D eigenvalue weighted by Crippen LogP contribution is 2.77. The summed E-state index contributed by atoms with van der Waals surface area (Å²) in [5, 5.41) is 18.0. The molecule has 19 rings (SSSR count). The predicted molar refractivity (Wildman–Crippen MR) is 516 cm³/mol. The second-order valence-electron chi connectivity index (χ2n) is 40.5. The molecule has 11 aliphatic rings. The Balaban J connectivity index is 0.000000143. The molecule has 17 unspecified atom stereocenters. The van der Waals surface area contributed by atoms with Crippen molar-refractivity contribution in [2.75, 3.05) is 13.7 Å². The van der Waals surface area contributed by atoms with Gasteiger partial charge in [-0.3, -0.25) is 0 Å². The van der Waals surface area contributed by atoms with Crippen LogP contribution in [0, 0.1) is 64.6 Å². The topological polar surface area (TPSA) is 114 Å². The molecular weight excluding hydrogens is 1540 g/mol. The maximum absolute atomic E-state index is 9.01. The van der Waals surface area contributed by atoms with Crippen molar-refractivity contribution < 1.29 is 48.1 Å². The number of ether oxygens (including phenoxy) is 8. The van der Waals surface area contributed by atoms with Crippen LogP contribution in [0.25, 0.3) is 11.1 Å². The quantitative estimate of drug-likeness (QED) is 0.0395. The van der Waals surface area contributed by atoms with Gasteiger partial charge in [-0.1, -0.05) is 237 Å². The summed E-state index contributed by atoms with van der Waals surface area (Å²) in [6.07, 6.45) is 31.1. The molecule has 0 heterocycles. The largest absolute Gasteiger partial charge is 0.508 e. The lowest BCUT2D eigenvalue weighted by Gasteiger charge is -2.75. The van der Waals surface area contributed by atoms with Crippen LogP contribution in [0.15, 0.2) is 194 Å². The number of phenols is 2. The van der Waals surface area contributed by atoms with Crippen molar-refractivity contribution in [3.8, 4) is 45.6 Å². The Hall–Kier alpha value is -7.60. The van der Waals surface area contributed by atoms with Crippen molar-refractivity contribution in [2.45, 2.75) is 350 Å². The number of benzene rings is 8. The van der Waals surface area contributed by atoms with Crippen molar-refractivity contribution in [1.29, 1.82) is 0 Å². The highest BCUT2D eigenvalue weighted by atomic mass is 16.7. The van der Waals surface area contributed by atoms with Crippen molar-refractivity contribution in [1.82, 2.24) is 0 Å². The van der Waals surface area contributed by atoms with Gasteiger partial charge in [0.05, 0.1) is 18.3 Å². The number of hydrogen-bond acceptors (Lipinski definition) is 10. The summed E-state index contributed by atoms with van der Waals surface area (Å²) >= 11 is 0. The van der Waals surface area contributed by atoms with E-state index in [1.54, 1.807) is 43.5 Å². The minimum atomic E-state index is -0.266. The lowest BCUT2D eigenvalue weighted by atomic mass is 9.30. The van der Waals surface area contributed by atoms with Crippen molar-refractivity contribution >= 4 is 0 Å². The molecule has 680 valence electrons. The summed E-state index contributed by atoms with van der Waals surface area (Å²) in [7, 11) is 1.85. The fourth-order valence-corrected chi connectivity index (χ4v) is 23.1. The van der Waals surface area contributed by atoms with Gasteiger partial charge in [0.25, 0.3) is 0 Å². The van der Waals surface area contributed by atoms with Crippen LogP contribution in [-0.4, -0.2) is 60.8 Å². The first-order valence-electron chi connectivity index (χ1n) is 49.6. The Kier molecular flexibility index (Phi) is 35.6. The minimum Gasteiger partial charge on any atom is -0.508 e. The van der Waals surface area contributed by atoms with E-state index in [1.165, 1.54) is 146 Å². The number of hydrogen-bond donors (Lipinski definition) is 2. The standard InChI is InChI=1S/C33H40O2.C27H38O2.C19H28O2.C16H26O2.2C10H14O/c1-3-24(2)26-17-19-27(20-18-26)35-33(34-22-21-25-11-5-4-6-12-25)23-32-30-15-9-7-13-28(30)29-14-8-10-16-31(29)32;1-4-16(2)19-5-7-20(8-6-19)29-26(28-3)15-27-14-18-10-22-21-9-17(12-24(22)27)13-25(27)23(21)11-18;1-4-13(2)16-7-9-18(10-8-16)20-14(3)21-19-12-15-5-6-17(19)11-15;1-7-12(2)14-8-10-15(11-9-14)17-13(3)18-16(4,5)6;2*1-3-8(2)9-4-6-10(11)7-5-9/h7-10,13-20,24-25,32-33H,3-6,11-12,21-23H2,1-2H3;5-8,16-18,21-26H,4,9-15H2,1-3H3;7-10,13-15,17,19H,4-6,11-12H2,1-3H3;8-13H,7H2,1-6H3;2*4-8,11H,3H2,1-2H3. The Morgan fingerprint density at radius 2 is 0.784 bits per heavy atom. The summed E-state index contributed by atoms with van der Waals surface area (Å²) in [5.74, 6) is 17.8. The summed E-state index contributed by atoms with van der Waals surface area (Å²) in [5.41, 5.74) is 13.9. The van der Waals surface area contributed by atoms with Gasteiger partial charge in [-0.05, 0) is 372 Å². The molecule has 0 aromatic heterocycles. The summed E-state index contributed by atoms with van der Waals surface area (Å²) < 4.78 is 49.0. The third-order valence-corrected chi connectivity index (χ3v) is 31.1. The molecule has 17 atom stereocenters. The van der Waals surface area contributed by atoms with Crippen LogP contribution >= 0.6 is 0 Å². The maximum atomic E-state index is 9.01. The van der Waals surface area contributed by atoms with Gasteiger partial charge in [0, 0.05) is 25.9 Å². The van der Waals surface area contributed by atoms with E-state index in [0.717, 1.165) is 134 Å². The molecule has 0 amide bonds. The average Bonchev–Trinajstić information content (AvgIpc) is 1.06. The Labute approximate surface area is 756 Å². The zero-order valence-electron chi connectivity index (χ0n) is 80.0. The molecule has 10 fully saturated rings. The first-order valence-corrected chi connectivity index (χ1v) is 49.6. The second-order valence-corrected chi connectivity index (χ2v) is 40.5. The van der Waals surface area contributed by atoms with Gasteiger partial charge in [0.1, 0.15) is 34.5 Å². The van der Waals surface area contributed by atoms with Crippen LogP contribution in [-0.2, 0) is 18.9 Å². The molecular formula is C115H160O10. The SMILES string of the molecule is CCC(C)c1ccc(O)cc1.CCC(C)c1ccc(O)cc1.CCC(C)c1ccc(OC(C)OC(C)(C)C)cc1.CCC(C)c1ccc(OC(C)OC2CC3CCC2C3)cc1.CCC(C)c1ccc(OC(CC23CC4CC5C6CC(CC52)CC3C6C4)OC)cc1.CCC(C)c1ccc(OC(CC2c3ccccc3-c3ccccc32)OCCC2CCCCC2)cc1. The second kappa shape index (κ2) is 46.1. The molecule has 2 N–H and O–H groups in total. The number of phenolic OH excluding ortho intramolecular Hbond substituents is 2. The van der Waals surface area contributed by atoms with Crippen molar-refractivity contribution in [3.63, 3.8) is 0 Å². The van der Waals surface area contributed by atoms with Gasteiger partial charge >= 0.3 is 0 Å². The van der Waals surface area contributed by atoms with E-state index in [9.17, 15) is 0 Å². The van der Waals surface area contributed by atoms with Gasteiger partial charge in [-0.25, -0.2) is 0 Å². The van der Waals surface area contributed by atoms with E-state index in [0.29, 0.717) is 64.4 Å². The van der Waals surface area contributed by atoms with Crippen molar-refractivity contribution in [3.05, 3.63) is 239 Å². The third kappa shape index (κ3) is 25.9. The predicted octanol–water partition coefficient (Wildman–Crippen LogP) is 31.4. The summed E-state index contributed by atoms with van der Waals surface area (Å²) in [6, 6.07) is 66.8. The van der Waals surface area contributed by atoms with Gasteiger partial charge in [0.15, 0.2) is 18.9 Å². The highest BCUT2D eigenvalue weighted by molar-refractivity contribution is 5.78. The molecule has 0 radical (unpaired) electrons. The Morgan fingerprint density at radius 1 is 0.392 bits per heavy atom. The molecule has 10 saturated carbocycles. The minimum absolute atomic E-state index is 0.0971. The van der Waals surface area contributed by atoms with Crippen molar-refractivity contribution in [2.24, 2.45) is 64.6 Å². The van der Waals surface area contributed by atoms with E-state index in [-0.39, 0.29) is 30.8 Å². The van der Waals surface area contributed by atoms with Gasteiger partial charge in [0.2, 0.25) is 6.29 Å². The van der Waals surface area contributed by atoms with Crippen LogP contribution in [0.5, 0.6) is 34.5 Å². The molecule has 10 bridgehead atoms. The first kappa shape index (κ1) is 96.5.